The summed E-state index contributed by atoms with van der Waals surface area (Å²) in [5.41, 5.74) is 5.15. The Balaban J connectivity index is 2.23. The van der Waals surface area contributed by atoms with Gasteiger partial charge in [0.2, 0.25) is 0 Å². The predicted octanol–water partition coefficient (Wildman–Crippen LogP) is 5.67. The lowest BCUT2D eigenvalue weighted by Gasteiger charge is -2.21. The number of nitrogens with zero attached hydrogens (tertiary/aromatic N) is 1. The van der Waals surface area contributed by atoms with Crippen LogP contribution in [0.2, 0.25) is 0 Å². The quantitative estimate of drug-likeness (QED) is 0.546. The highest BCUT2D eigenvalue weighted by Gasteiger charge is 2.20. The van der Waals surface area contributed by atoms with Crippen molar-refractivity contribution in [3.05, 3.63) is 59.0 Å². The summed E-state index contributed by atoms with van der Waals surface area (Å²) >= 11 is 0. The van der Waals surface area contributed by atoms with Gasteiger partial charge in [-0.05, 0) is 72.2 Å². The van der Waals surface area contributed by atoms with E-state index in [1.54, 1.807) is 25.1 Å². The Bertz CT molecular complexity index is 1060. The minimum Gasteiger partial charge on any atom is -0.508 e. The van der Waals surface area contributed by atoms with E-state index in [1.165, 1.54) is 13.2 Å². The molecule has 0 radical (unpaired) electrons. The molecule has 0 spiro atoms. The van der Waals surface area contributed by atoms with E-state index in [1.807, 2.05) is 12.1 Å². The van der Waals surface area contributed by atoms with Crippen molar-refractivity contribution in [3.8, 4) is 16.9 Å². The zero-order valence-corrected chi connectivity index (χ0v) is 17.3. The summed E-state index contributed by atoms with van der Waals surface area (Å²) in [4.78, 5) is 16.3. The normalized spacial score (nSPS) is 11.2. The van der Waals surface area contributed by atoms with Gasteiger partial charge in [-0.1, -0.05) is 19.9 Å². The van der Waals surface area contributed by atoms with Crippen LogP contribution in [-0.4, -0.2) is 23.2 Å². The number of aromatic hydroxyl groups is 1. The largest absolute Gasteiger partial charge is 0.508 e. The van der Waals surface area contributed by atoms with Crippen LogP contribution in [0.15, 0.2) is 36.4 Å². The number of carbonyl (C=O) groups is 1. The van der Waals surface area contributed by atoms with Crippen molar-refractivity contribution in [3.63, 3.8) is 0 Å². The number of ether oxygens (including phenoxy) is 1. The molecule has 0 aliphatic heterocycles. The Hall–Kier alpha value is -2.95. The number of aromatic nitrogens is 1. The predicted molar refractivity (Wildman–Crippen MR) is 113 cm³/mol. The van der Waals surface area contributed by atoms with Gasteiger partial charge in [-0.3, -0.25) is 9.78 Å². The van der Waals surface area contributed by atoms with Crippen LogP contribution in [0.25, 0.3) is 22.0 Å². The van der Waals surface area contributed by atoms with E-state index in [-0.39, 0.29) is 23.5 Å². The minimum atomic E-state index is -0.246. The molecule has 3 aromatic rings. The first-order valence-electron chi connectivity index (χ1n) is 9.80. The van der Waals surface area contributed by atoms with Crippen molar-refractivity contribution < 1.29 is 19.0 Å². The molecule has 0 unspecified atom stereocenters. The van der Waals surface area contributed by atoms with Gasteiger partial charge in [0.15, 0.2) is 0 Å². The van der Waals surface area contributed by atoms with Crippen molar-refractivity contribution >= 4 is 16.9 Å². The molecular weight excluding hydrogens is 369 g/mol. The highest BCUT2D eigenvalue weighted by molar-refractivity contribution is 5.97. The number of phenols is 1. The van der Waals surface area contributed by atoms with Crippen LogP contribution < -0.4 is 0 Å². The van der Waals surface area contributed by atoms with Crippen LogP contribution in [0.5, 0.6) is 5.75 Å². The zero-order valence-electron chi connectivity index (χ0n) is 17.3. The maximum atomic E-state index is 13.9. The van der Waals surface area contributed by atoms with E-state index in [9.17, 15) is 14.3 Å². The van der Waals surface area contributed by atoms with Gasteiger partial charge < -0.3 is 9.84 Å². The first-order valence-corrected chi connectivity index (χ1v) is 9.80. The van der Waals surface area contributed by atoms with Gasteiger partial charge in [-0.25, -0.2) is 4.39 Å². The van der Waals surface area contributed by atoms with Gasteiger partial charge in [0.25, 0.3) is 0 Å². The van der Waals surface area contributed by atoms with Gasteiger partial charge in [0.05, 0.1) is 12.6 Å². The fourth-order valence-electron chi connectivity index (χ4n) is 3.74. The molecule has 0 aliphatic carbocycles. The van der Waals surface area contributed by atoms with Crippen molar-refractivity contribution in [2.24, 2.45) is 0 Å². The number of methoxy groups -OCH3 is 1. The molecule has 0 saturated heterocycles. The van der Waals surface area contributed by atoms with E-state index in [0.717, 1.165) is 27.8 Å². The molecule has 3 rings (SSSR count). The van der Waals surface area contributed by atoms with Crippen molar-refractivity contribution in [2.45, 2.75) is 46.0 Å². The second-order valence-electron chi connectivity index (χ2n) is 7.60. The summed E-state index contributed by atoms with van der Waals surface area (Å²) in [5, 5.41) is 10.9. The average molecular weight is 395 g/mol. The van der Waals surface area contributed by atoms with Crippen molar-refractivity contribution in [2.75, 3.05) is 7.11 Å². The van der Waals surface area contributed by atoms with Crippen LogP contribution in [0.4, 0.5) is 4.39 Å². The van der Waals surface area contributed by atoms with Crippen LogP contribution in [-0.2, 0) is 16.0 Å². The molecule has 29 heavy (non-hydrogen) atoms. The first-order chi connectivity index (χ1) is 13.8. The SMILES string of the molecule is COC(=O)CCCc1nc2cc(O)ccc2c(-c2ccc(F)c(C)c2)c1C(C)C. The topological polar surface area (TPSA) is 59.4 Å². The molecule has 0 bridgehead atoms. The lowest BCUT2D eigenvalue weighted by molar-refractivity contribution is -0.140. The fraction of sp³-hybridized carbons (Fsp3) is 0.333. The summed E-state index contributed by atoms with van der Waals surface area (Å²) in [6.45, 7) is 5.96. The second-order valence-corrected chi connectivity index (χ2v) is 7.60. The maximum Gasteiger partial charge on any atom is 0.305 e. The lowest BCUT2D eigenvalue weighted by Crippen LogP contribution is -2.07. The maximum absolute atomic E-state index is 13.9. The molecule has 0 atom stereocenters. The Morgan fingerprint density at radius 2 is 1.97 bits per heavy atom. The van der Waals surface area contributed by atoms with Gasteiger partial charge >= 0.3 is 5.97 Å². The Kier molecular flexibility index (Phi) is 6.16. The van der Waals surface area contributed by atoms with Crippen molar-refractivity contribution in [1.82, 2.24) is 4.98 Å². The van der Waals surface area contributed by atoms with Gasteiger partial charge in [0.1, 0.15) is 11.6 Å². The number of hydrogen-bond donors (Lipinski definition) is 1. The molecule has 2 aromatic carbocycles. The molecule has 1 aromatic heterocycles. The number of carbonyl (C=O) groups excluding carboxylic acids is 1. The molecule has 1 N–H and O–H groups in total. The van der Waals surface area contributed by atoms with Gasteiger partial charge in [-0.15, -0.1) is 0 Å². The third-order valence-corrected chi connectivity index (χ3v) is 5.13. The number of hydrogen-bond acceptors (Lipinski definition) is 4. The number of esters is 1. The molecular formula is C24H26FNO3. The third kappa shape index (κ3) is 4.39. The van der Waals surface area contributed by atoms with E-state index in [4.69, 9.17) is 9.72 Å². The van der Waals surface area contributed by atoms with Gasteiger partial charge in [0, 0.05) is 23.6 Å². The molecule has 0 saturated carbocycles. The molecule has 4 nitrogen and oxygen atoms in total. The fourth-order valence-corrected chi connectivity index (χ4v) is 3.74. The van der Waals surface area contributed by atoms with Gasteiger partial charge in [-0.2, -0.15) is 0 Å². The number of rotatable bonds is 6. The number of aryl methyl sites for hydroxylation is 2. The number of pyridine rings is 1. The summed E-state index contributed by atoms with van der Waals surface area (Å²) in [5.74, 6) is -0.170. The third-order valence-electron chi connectivity index (χ3n) is 5.13. The van der Waals surface area contributed by atoms with Crippen LogP contribution in [0, 0.1) is 12.7 Å². The summed E-state index contributed by atoms with van der Waals surface area (Å²) in [6.07, 6.45) is 1.55. The standard InChI is InChI=1S/C24H26FNO3/c1-14(2)23-20(6-5-7-22(28)29-4)26-21-13-17(27)9-10-18(21)24(23)16-8-11-19(25)15(3)12-16/h8-14,27H,5-7H2,1-4H3. The number of benzene rings is 2. The smallest absolute Gasteiger partial charge is 0.305 e. The van der Waals surface area contributed by atoms with Crippen molar-refractivity contribution in [1.29, 1.82) is 0 Å². The molecule has 0 amide bonds. The summed E-state index contributed by atoms with van der Waals surface area (Å²) in [6, 6.07) is 10.3. The second kappa shape index (κ2) is 8.60. The Morgan fingerprint density at radius 1 is 1.21 bits per heavy atom. The Labute approximate surface area is 170 Å². The van der Waals surface area contributed by atoms with Crippen LogP contribution in [0.1, 0.15) is 49.4 Å². The monoisotopic (exact) mass is 395 g/mol. The summed E-state index contributed by atoms with van der Waals surface area (Å²) in [7, 11) is 1.38. The van der Waals surface area contributed by atoms with Crippen LogP contribution >= 0.6 is 0 Å². The number of halogens is 1. The molecule has 5 heteroatoms. The van der Waals surface area contributed by atoms with Crippen LogP contribution in [0.3, 0.4) is 0 Å². The number of fused-ring (bicyclic) bond motifs is 1. The van der Waals surface area contributed by atoms with E-state index in [2.05, 4.69) is 13.8 Å². The van der Waals surface area contributed by atoms with E-state index >= 15 is 0 Å². The average Bonchev–Trinajstić information content (AvgIpc) is 2.68. The first kappa shape index (κ1) is 20.8. The lowest BCUT2D eigenvalue weighted by atomic mass is 9.86. The molecule has 0 aliphatic rings. The molecule has 0 fully saturated rings. The zero-order chi connectivity index (χ0) is 21.1. The minimum absolute atomic E-state index is 0.143. The summed E-state index contributed by atoms with van der Waals surface area (Å²) < 4.78 is 18.6. The highest BCUT2D eigenvalue weighted by Crippen LogP contribution is 2.39. The molecule has 152 valence electrons. The molecule has 1 heterocycles. The Morgan fingerprint density at radius 3 is 2.62 bits per heavy atom. The number of phenolic OH excluding ortho intramolecular Hbond substituents is 1. The van der Waals surface area contributed by atoms with E-state index < -0.39 is 0 Å². The highest BCUT2D eigenvalue weighted by atomic mass is 19.1. The van der Waals surface area contributed by atoms with E-state index in [0.29, 0.717) is 30.3 Å².